The Kier molecular flexibility index (Phi) is 11.3. The fourth-order valence-corrected chi connectivity index (χ4v) is 3.28. The van der Waals surface area contributed by atoms with Gasteiger partial charge < -0.3 is 9.63 Å². The average Bonchev–Trinajstić information content (AvgIpc) is 2.38. The second-order valence-electron chi connectivity index (χ2n) is 5.03. The summed E-state index contributed by atoms with van der Waals surface area (Å²) in [5.74, 6) is -0.362. The van der Waals surface area contributed by atoms with E-state index in [2.05, 4.69) is 6.92 Å². The van der Waals surface area contributed by atoms with E-state index in [-0.39, 0.29) is 18.6 Å². The second kappa shape index (κ2) is 11.5. The Morgan fingerprint density at radius 3 is 2.26 bits per heavy atom. The Bertz CT molecular complexity index is 279. The highest BCUT2D eigenvalue weighted by Crippen LogP contribution is 2.42. The molecule has 0 aromatic rings. The van der Waals surface area contributed by atoms with Crippen molar-refractivity contribution in [3.05, 3.63) is 0 Å². The predicted molar refractivity (Wildman–Crippen MR) is 78.8 cm³/mol. The average molecular weight is 292 g/mol. The molecular formula is C14H29O4P. The first-order valence-electron chi connectivity index (χ1n) is 7.48. The van der Waals surface area contributed by atoms with E-state index in [1.165, 1.54) is 19.3 Å². The van der Waals surface area contributed by atoms with E-state index < -0.39 is 7.37 Å². The largest absolute Gasteiger partial charge is 0.466 e. The summed E-state index contributed by atoms with van der Waals surface area (Å²) in [6.45, 7) is 4.48. The number of carbonyl (C=O) groups excluding carboxylic acids is 1. The lowest BCUT2D eigenvalue weighted by Gasteiger charge is -2.11. The molecule has 0 aromatic heterocycles. The Labute approximate surface area is 117 Å². The van der Waals surface area contributed by atoms with E-state index in [0.29, 0.717) is 12.8 Å². The molecule has 0 rings (SSSR count). The molecule has 19 heavy (non-hydrogen) atoms. The lowest BCUT2D eigenvalue weighted by Crippen LogP contribution is -2.08. The Morgan fingerprint density at radius 2 is 1.63 bits per heavy atom. The van der Waals surface area contributed by atoms with Gasteiger partial charge in [-0.1, -0.05) is 46.0 Å². The van der Waals surface area contributed by atoms with Gasteiger partial charge in [0.1, 0.15) is 0 Å². The summed E-state index contributed by atoms with van der Waals surface area (Å²) in [6.07, 6.45) is 7.79. The summed E-state index contributed by atoms with van der Waals surface area (Å²) in [6, 6.07) is 0. The fourth-order valence-electron chi connectivity index (χ4n) is 1.81. The lowest BCUT2D eigenvalue weighted by molar-refractivity contribution is -0.143. The molecule has 0 aliphatic heterocycles. The number of hydrogen-bond acceptors (Lipinski definition) is 3. The van der Waals surface area contributed by atoms with Crippen LogP contribution in [-0.4, -0.2) is 29.8 Å². The highest BCUT2D eigenvalue weighted by atomic mass is 31.2. The maximum absolute atomic E-state index is 11.8. The van der Waals surface area contributed by atoms with E-state index in [1.54, 1.807) is 0 Å². The summed E-state index contributed by atoms with van der Waals surface area (Å²) in [7, 11) is -3.13. The maximum Gasteiger partial charge on any atom is 0.306 e. The molecule has 0 fully saturated rings. The van der Waals surface area contributed by atoms with E-state index in [0.717, 1.165) is 25.7 Å². The van der Waals surface area contributed by atoms with Crippen LogP contribution in [0.25, 0.3) is 0 Å². The van der Waals surface area contributed by atoms with Crippen molar-refractivity contribution in [2.75, 3.05) is 18.9 Å². The molecule has 4 nitrogen and oxygen atoms in total. The third-order valence-corrected chi connectivity index (χ3v) is 4.93. The van der Waals surface area contributed by atoms with Crippen LogP contribution in [0.15, 0.2) is 0 Å². The zero-order valence-corrected chi connectivity index (χ0v) is 13.3. The van der Waals surface area contributed by atoms with Crippen molar-refractivity contribution in [2.45, 2.75) is 65.2 Å². The number of unbranched alkanes of at least 4 members (excludes halogenated alkanes) is 5. The highest BCUT2D eigenvalue weighted by molar-refractivity contribution is 7.58. The predicted octanol–water partition coefficient (Wildman–Crippen LogP) is 3.96. The monoisotopic (exact) mass is 292 g/mol. The number of carbonyl (C=O) groups is 1. The molecule has 1 unspecified atom stereocenters. The summed E-state index contributed by atoms with van der Waals surface area (Å²) in [4.78, 5) is 21.0. The quantitative estimate of drug-likeness (QED) is 0.336. The summed E-state index contributed by atoms with van der Waals surface area (Å²) in [5.41, 5.74) is 0. The Hall–Kier alpha value is -0.340. The highest BCUT2D eigenvalue weighted by Gasteiger charge is 2.19. The molecule has 0 radical (unpaired) electrons. The van der Waals surface area contributed by atoms with E-state index in [1.807, 2.05) is 6.92 Å². The van der Waals surface area contributed by atoms with Crippen molar-refractivity contribution in [2.24, 2.45) is 0 Å². The smallest absolute Gasteiger partial charge is 0.306 e. The molecular weight excluding hydrogens is 263 g/mol. The zero-order valence-electron chi connectivity index (χ0n) is 12.4. The van der Waals surface area contributed by atoms with Crippen LogP contribution in [0.2, 0.25) is 0 Å². The minimum atomic E-state index is -3.13. The summed E-state index contributed by atoms with van der Waals surface area (Å²) >= 11 is 0. The van der Waals surface area contributed by atoms with Gasteiger partial charge in [-0.05, 0) is 12.8 Å². The molecule has 0 aliphatic carbocycles. The molecule has 1 atom stereocenters. The summed E-state index contributed by atoms with van der Waals surface area (Å²) < 4.78 is 16.7. The molecule has 0 amide bonds. The molecule has 0 spiro atoms. The Morgan fingerprint density at radius 1 is 1.00 bits per heavy atom. The van der Waals surface area contributed by atoms with E-state index in [9.17, 15) is 14.3 Å². The topological polar surface area (TPSA) is 63.6 Å². The van der Waals surface area contributed by atoms with E-state index >= 15 is 0 Å². The van der Waals surface area contributed by atoms with Crippen LogP contribution in [0, 0.1) is 0 Å². The van der Waals surface area contributed by atoms with Crippen LogP contribution in [0.1, 0.15) is 65.2 Å². The van der Waals surface area contributed by atoms with Crippen molar-refractivity contribution in [1.82, 2.24) is 0 Å². The second-order valence-corrected chi connectivity index (χ2v) is 7.62. The van der Waals surface area contributed by atoms with Gasteiger partial charge in [0.15, 0.2) is 0 Å². The minimum Gasteiger partial charge on any atom is -0.466 e. The fraction of sp³-hybridized carbons (Fsp3) is 0.929. The normalized spacial score (nSPS) is 14.1. The summed E-state index contributed by atoms with van der Waals surface area (Å²) in [5, 5.41) is 0. The van der Waals surface area contributed by atoms with Crippen LogP contribution in [0.4, 0.5) is 0 Å². The molecule has 0 aromatic carbocycles. The first kappa shape index (κ1) is 18.7. The number of esters is 1. The van der Waals surface area contributed by atoms with Gasteiger partial charge in [0, 0.05) is 12.3 Å². The SMILES string of the molecule is CCCCCCCCP(=O)(O)CCC(=O)OCCC. The molecule has 0 aliphatic rings. The third kappa shape index (κ3) is 12.4. The Balaban J connectivity index is 3.62. The van der Waals surface area contributed by atoms with Crippen molar-refractivity contribution in [3.8, 4) is 0 Å². The van der Waals surface area contributed by atoms with Crippen molar-refractivity contribution >= 4 is 13.3 Å². The molecule has 0 heterocycles. The van der Waals surface area contributed by atoms with Crippen molar-refractivity contribution in [1.29, 1.82) is 0 Å². The number of hydrogen-bond donors (Lipinski definition) is 1. The molecule has 0 saturated heterocycles. The first-order valence-corrected chi connectivity index (χ1v) is 9.51. The van der Waals surface area contributed by atoms with Gasteiger partial charge in [-0.2, -0.15) is 0 Å². The van der Waals surface area contributed by atoms with Gasteiger partial charge in [-0.25, -0.2) is 0 Å². The maximum atomic E-state index is 11.8. The van der Waals surface area contributed by atoms with Gasteiger partial charge >= 0.3 is 5.97 Å². The molecule has 0 saturated carbocycles. The lowest BCUT2D eigenvalue weighted by atomic mass is 10.1. The molecule has 5 heteroatoms. The molecule has 114 valence electrons. The standard InChI is InChI=1S/C14H29O4P/c1-3-5-6-7-8-9-12-19(16,17)13-10-14(15)18-11-4-2/h3-13H2,1-2H3,(H,16,17). The van der Waals surface area contributed by atoms with Gasteiger partial charge in [-0.15, -0.1) is 0 Å². The first-order chi connectivity index (χ1) is 9.02. The third-order valence-electron chi connectivity index (χ3n) is 2.99. The number of rotatable bonds is 12. The van der Waals surface area contributed by atoms with Crippen LogP contribution in [0.5, 0.6) is 0 Å². The van der Waals surface area contributed by atoms with Crippen LogP contribution in [-0.2, 0) is 14.1 Å². The number of ether oxygens (including phenoxy) is 1. The van der Waals surface area contributed by atoms with Crippen LogP contribution < -0.4 is 0 Å². The van der Waals surface area contributed by atoms with Gasteiger partial charge in [0.2, 0.25) is 7.37 Å². The minimum absolute atomic E-state index is 0.0591. The van der Waals surface area contributed by atoms with Crippen LogP contribution >= 0.6 is 7.37 Å². The van der Waals surface area contributed by atoms with Crippen LogP contribution in [0.3, 0.4) is 0 Å². The van der Waals surface area contributed by atoms with Crippen molar-refractivity contribution < 1.29 is 19.0 Å². The van der Waals surface area contributed by atoms with Crippen molar-refractivity contribution in [3.63, 3.8) is 0 Å². The zero-order chi connectivity index (χ0) is 14.6. The van der Waals surface area contributed by atoms with Gasteiger partial charge in [0.25, 0.3) is 0 Å². The molecule has 1 N–H and O–H groups in total. The van der Waals surface area contributed by atoms with E-state index in [4.69, 9.17) is 4.74 Å². The van der Waals surface area contributed by atoms with Gasteiger partial charge in [-0.3, -0.25) is 9.36 Å². The molecule has 0 bridgehead atoms. The van der Waals surface area contributed by atoms with Gasteiger partial charge in [0.05, 0.1) is 13.0 Å².